The van der Waals surface area contributed by atoms with Gasteiger partial charge in [0.15, 0.2) is 0 Å². The summed E-state index contributed by atoms with van der Waals surface area (Å²) in [5, 5.41) is 1.64. The van der Waals surface area contributed by atoms with E-state index in [4.69, 9.17) is 11.6 Å². The Kier molecular flexibility index (Phi) is 3.02. The van der Waals surface area contributed by atoms with Crippen molar-refractivity contribution in [1.29, 1.82) is 0 Å². The van der Waals surface area contributed by atoms with Crippen LogP contribution in [0.25, 0.3) is 22.0 Å². The van der Waals surface area contributed by atoms with Gasteiger partial charge < -0.3 is 0 Å². The molecule has 0 N–H and O–H groups in total. The summed E-state index contributed by atoms with van der Waals surface area (Å²) < 4.78 is 0. The summed E-state index contributed by atoms with van der Waals surface area (Å²) in [6.07, 6.45) is 2.61. The van der Waals surface area contributed by atoms with Crippen molar-refractivity contribution < 1.29 is 4.79 Å². The molecule has 3 heteroatoms. The highest BCUT2D eigenvalue weighted by molar-refractivity contribution is 6.30. The van der Waals surface area contributed by atoms with Gasteiger partial charge in [0, 0.05) is 27.7 Å². The summed E-state index contributed by atoms with van der Waals surface area (Å²) in [6, 6.07) is 15.0. The van der Waals surface area contributed by atoms with Gasteiger partial charge >= 0.3 is 0 Å². The summed E-state index contributed by atoms with van der Waals surface area (Å²) in [5.41, 5.74) is 3.47. The molecule has 92 valence electrons. The highest BCUT2D eigenvalue weighted by Crippen LogP contribution is 2.29. The van der Waals surface area contributed by atoms with Crippen molar-refractivity contribution in [2.75, 3.05) is 0 Å². The van der Waals surface area contributed by atoms with E-state index in [0.717, 1.165) is 28.3 Å². The van der Waals surface area contributed by atoms with Crippen molar-refractivity contribution in [2.24, 2.45) is 0 Å². The van der Waals surface area contributed by atoms with E-state index in [-0.39, 0.29) is 0 Å². The van der Waals surface area contributed by atoms with Crippen LogP contribution in [0.5, 0.6) is 0 Å². The van der Waals surface area contributed by atoms with Crippen molar-refractivity contribution in [1.82, 2.24) is 4.98 Å². The first-order valence-electron chi connectivity index (χ1n) is 5.88. The number of hydrogen-bond donors (Lipinski definition) is 0. The zero-order chi connectivity index (χ0) is 13.2. The quantitative estimate of drug-likeness (QED) is 0.646. The minimum Gasteiger partial charge on any atom is -0.298 e. The Bertz CT molecular complexity index is 750. The van der Waals surface area contributed by atoms with E-state index in [0.29, 0.717) is 10.6 Å². The average molecular weight is 268 g/mol. The Morgan fingerprint density at radius 1 is 1.05 bits per heavy atom. The SMILES string of the molecule is O=Cc1cc(-c2ccc(Cl)cc2)c2ncccc2c1. The van der Waals surface area contributed by atoms with Gasteiger partial charge in [0.05, 0.1) is 5.52 Å². The van der Waals surface area contributed by atoms with E-state index in [2.05, 4.69) is 4.98 Å². The monoisotopic (exact) mass is 267 g/mol. The van der Waals surface area contributed by atoms with Crippen LogP contribution in [0.1, 0.15) is 10.4 Å². The molecule has 0 fully saturated rings. The zero-order valence-corrected chi connectivity index (χ0v) is 10.8. The van der Waals surface area contributed by atoms with Gasteiger partial charge in [-0.1, -0.05) is 29.8 Å². The lowest BCUT2D eigenvalue weighted by atomic mass is 9.99. The molecule has 0 saturated carbocycles. The lowest BCUT2D eigenvalue weighted by molar-refractivity contribution is 0.112. The number of pyridine rings is 1. The summed E-state index contributed by atoms with van der Waals surface area (Å²) in [7, 11) is 0. The third-order valence-corrected chi connectivity index (χ3v) is 3.27. The second kappa shape index (κ2) is 4.82. The number of carbonyl (C=O) groups excluding carboxylic acids is 1. The van der Waals surface area contributed by atoms with Gasteiger partial charge in [0.1, 0.15) is 6.29 Å². The fourth-order valence-corrected chi connectivity index (χ4v) is 2.26. The molecule has 0 aliphatic rings. The molecule has 1 heterocycles. The molecule has 1 aromatic heterocycles. The number of aromatic nitrogens is 1. The van der Waals surface area contributed by atoms with Crippen LogP contribution in [0, 0.1) is 0 Å². The number of benzene rings is 2. The number of rotatable bonds is 2. The summed E-state index contributed by atoms with van der Waals surface area (Å²) in [5.74, 6) is 0. The van der Waals surface area contributed by atoms with Gasteiger partial charge in [0.2, 0.25) is 0 Å². The van der Waals surface area contributed by atoms with Crippen LogP contribution in [0.2, 0.25) is 5.02 Å². The Morgan fingerprint density at radius 3 is 2.58 bits per heavy atom. The summed E-state index contributed by atoms with van der Waals surface area (Å²) >= 11 is 5.90. The number of carbonyl (C=O) groups is 1. The normalized spacial score (nSPS) is 10.6. The van der Waals surface area contributed by atoms with E-state index < -0.39 is 0 Å². The third kappa shape index (κ3) is 2.23. The molecule has 0 atom stereocenters. The third-order valence-electron chi connectivity index (χ3n) is 3.02. The van der Waals surface area contributed by atoms with E-state index in [9.17, 15) is 4.79 Å². The van der Waals surface area contributed by atoms with Gasteiger partial charge in [0.25, 0.3) is 0 Å². The zero-order valence-electron chi connectivity index (χ0n) is 10.0. The van der Waals surface area contributed by atoms with Crippen LogP contribution in [-0.2, 0) is 0 Å². The van der Waals surface area contributed by atoms with E-state index in [1.165, 1.54) is 0 Å². The number of hydrogen-bond acceptors (Lipinski definition) is 2. The number of halogens is 1. The molecule has 0 spiro atoms. The molecule has 19 heavy (non-hydrogen) atoms. The van der Waals surface area contributed by atoms with Crippen LogP contribution in [-0.4, -0.2) is 11.3 Å². The summed E-state index contributed by atoms with van der Waals surface area (Å²) in [6.45, 7) is 0. The largest absolute Gasteiger partial charge is 0.298 e. The lowest BCUT2D eigenvalue weighted by Crippen LogP contribution is -1.88. The number of fused-ring (bicyclic) bond motifs is 1. The van der Waals surface area contributed by atoms with Crippen LogP contribution in [0.4, 0.5) is 0 Å². The molecule has 0 bridgehead atoms. The van der Waals surface area contributed by atoms with Crippen molar-refractivity contribution in [2.45, 2.75) is 0 Å². The molecular weight excluding hydrogens is 258 g/mol. The molecule has 3 aromatic rings. The first-order valence-corrected chi connectivity index (χ1v) is 6.25. The lowest BCUT2D eigenvalue weighted by Gasteiger charge is -2.07. The van der Waals surface area contributed by atoms with Crippen LogP contribution < -0.4 is 0 Å². The van der Waals surface area contributed by atoms with Crippen molar-refractivity contribution in [3.8, 4) is 11.1 Å². The smallest absolute Gasteiger partial charge is 0.150 e. The highest BCUT2D eigenvalue weighted by atomic mass is 35.5. The predicted octanol–water partition coefficient (Wildman–Crippen LogP) is 4.37. The van der Waals surface area contributed by atoms with Crippen molar-refractivity contribution in [3.63, 3.8) is 0 Å². The maximum absolute atomic E-state index is 11.0. The molecule has 0 unspecified atom stereocenters. The fraction of sp³-hybridized carbons (Fsp3) is 0. The Hall–Kier alpha value is -2.19. The van der Waals surface area contributed by atoms with Crippen LogP contribution >= 0.6 is 11.6 Å². The molecule has 2 nitrogen and oxygen atoms in total. The van der Waals surface area contributed by atoms with Crippen molar-refractivity contribution in [3.05, 3.63) is 65.3 Å². The first-order chi connectivity index (χ1) is 9.28. The maximum Gasteiger partial charge on any atom is 0.150 e. The minimum absolute atomic E-state index is 0.644. The van der Waals surface area contributed by atoms with E-state index in [1.807, 2.05) is 48.5 Å². The van der Waals surface area contributed by atoms with Gasteiger partial charge in [-0.15, -0.1) is 0 Å². The second-order valence-electron chi connectivity index (χ2n) is 4.27. The average Bonchev–Trinajstić information content (AvgIpc) is 2.47. The molecular formula is C16H10ClNO. The maximum atomic E-state index is 11.0. The molecule has 3 rings (SSSR count). The predicted molar refractivity (Wildman–Crippen MR) is 77.6 cm³/mol. The van der Waals surface area contributed by atoms with Gasteiger partial charge in [-0.25, -0.2) is 0 Å². The molecule has 0 radical (unpaired) electrons. The summed E-state index contributed by atoms with van der Waals surface area (Å²) in [4.78, 5) is 15.5. The number of nitrogens with zero attached hydrogens (tertiary/aromatic N) is 1. The van der Waals surface area contributed by atoms with E-state index >= 15 is 0 Å². The topological polar surface area (TPSA) is 30.0 Å². The van der Waals surface area contributed by atoms with Gasteiger partial charge in [-0.2, -0.15) is 0 Å². The fourth-order valence-electron chi connectivity index (χ4n) is 2.13. The second-order valence-corrected chi connectivity index (χ2v) is 4.70. The Balaban J connectivity index is 2.32. The van der Waals surface area contributed by atoms with Crippen LogP contribution in [0.15, 0.2) is 54.7 Å². The highest BCUT2D eigenvalue weighted by Gasteiger charge is 2.07. The molecule has 0 aliphatic heterocycles. The van der Waals surface area contributed by atoms with Gasteiger partial charge in [-0.05, 0) is 35.9 Å². The number of aldehydes is 1. The standard InChI is InChI=1S/C16H10ClNO/c17-14-5-3-12(4-6-14)15-9-11(10-19)8-13-2-1-7-18-16(13)15/h1-10H. The van der Waals surface area contributed by atoms with Crippen molar-refractivity contribution >= 4 is 28.8 Å². The molecule has 0 amide bonds. The first kappa shape index (κ1) is 11.9. The van der Waals surface area contributed by atoms with Crippen LogP contribution in [0.3, 0.4) is 0 Å². The molecule has 2 aromatic carbocycles. The Labute approximate surface area is 115 Å². The minimum atomic E-state index is 0.644. The van der Waals surface area contributed by atoms with Gasteiger partial charge in [-0.3, -0.25) is 9.78 Å². The van der Waals surface area contributed by atoms with E-state index in [1.54, 1.807) is 6.20 Å². The Morgan fingerprint density at radius 2 is 1.84 bits per heavy atom. The molecule has 0 saturated heterocycles. The molecule has 0 aliphatic carbocycles.